The van der Waals surface area contributed by atoms with Crippen LogP contribution in [0.15, 0.2) is 29.0 Å². The van der Waals surface area contributed by atoms with Gasteiger partial charge in [0.05, 0.1) is 18.4 Å². The number of carbonyl (C=O) groups excluding carboxylic acids is 1. The van der Waals surface area contributed by atoms with E-state index in [1.54, 1.807) is 12.5 Å². The van der Waals surface area contributed by atoms with Crippen LogP contribution in [0, 0.1) is 5.92 Å². The number of carbonyl (C=O) groups is 1. The summed E-state index contributed by atoms with van der Waals surface area (Å²) >= 11 is 0. The molecule has 2 bridgehead atoms. The molecule has 116 valence electrons. The highest BCUT2D eigenvalue weighted by Gasteiger charge is 2.29. The number of nitrogens with zero attached hydrogens (tertiary/aromatic N) is 2. The van der Waals surface area contributed by atoms with E-state index in [9.17, 15) is 4.79 Å². The summed E-state index contributed by atoms with van der Waals surface area (Å²) in [5.74, 6) is 0.840. The molecule has 0 aromatic carbocycles. The van der Waals surface area contributed by atoms with Gasteiger partial charge in [0, 0.05) is 30.2 Å². The van der Waals surface area contributed by atoms with Crippen LogP contribution in [0.1, 0.15) is 25.0 Å². The minimum Gasteiger partial charge on any atom is -0.464 e. The van der Waals surface area contributed by atoms with Crippen LogP contribution in [0.4, 0.5) is 0 Å². The summed E-state index contributed by atoms with van der Waals surface area (Å²) in [5, 5.41) is 4.17. The molecule has 3 saturated heterocycles. The van der Waals surface area contributed by atoms with Crippen LogP contribution in [-0.2, 0) is 11.2 Å². The van der Waals surface area contributed by atoms with Gasteiger partial charge >= 0.3 is 0 Å². The highest BCUT2D eigenvalue weighted by Crippen LogP contribution is 2.26. The zero-order valence-electron chi connectivity index (χ0n) is 12.6. The zero-order valence-corrected chi connectivity index (χ0v) is 12.6. The molecule has 22 heavy (non-hydrogen) atoms. The molecule has 3 aliphatic rings. The molecule has 1 N–H and O–H groups in total. The predicted octanol–water partition coefficient (Wildman–Crippen LogP) is 1.97. The van der Waals surface area contributed by atoms with Crippen LogP contribution in [0.3, 0.4) is 0 Å². The lowest BCUT2D eigenvalue weighted by molar-refractivity contribution is -0.121. The highest BCUT2D eigenvalue weighted by atomic mass is 16.3. The number of hydrogen-bond acceptors (Lipinski definition) is 4. The highest BCUT2D eigenvalue weighted by molar-refractivity contribution is 5.81. The average Bonchev–Trinajstić information content (AvgIpc) is 2.78. The van der Waals surface area contributed by atoms with Crippen LogP contribution < -0.4 is 5.32 Å². The maximum Gasteiger partial charge on any atom is 0.226 e. The standard InChI is InChI=1S/C17H21N3O2/c21-17(9-14-8-16-13(10-18-14)3-6-22-16)19-15-7-12-1-4-20(11-15)5-2-12/h3,6,8,10,12,15H,1-2,4-5,7,9,11H2,(H,19,21). The number of pyridine rings is 1. The third kappa shape index (κ3) is 2.86. The Labute approximate surface area is 129 Å². The first-order chi connectivity index (χ1) is 10.8. The van der Waals surface area contributed by atoms with Gasteiger partial charge in [-0.25, -0.2) is 0 Å². The van der Waals surface area contributed by atoms with E-state index in [0.29, 0.717) is 6.42 Å². The van der Waals surface area contributed by atoms with E-state index in [2.05, 4.69) is 15.2 Å². The Morgan fingerprint density at radius 3 is 3.14 bits per heavy atom. The van der Waals surface area contributed by atoms with Gasteiger partial charge < -0.3 is 14.6 Å². The summed E-state index contributed by atoms with van der Waals surface area (Å²) in [7, 11) is 0. The van der Waals surface area contributed by atoms with Crippen molar-refractivity contribution >= 4 is 16.9 Å². The quantitative estimate of drug-likeness (QED) is 0.941. The summed E-state index contributed by atoms with van der Waals surface area (Å²) in [6.45, 7) is 3.37. The molecule has 2 aromatic rings. The Morgan fingerprint density at radius 2 is 2.27 bits per heavy atom. The van der Waals surface area contributed by atoms with E-state index in [0.717, 1.165) is 35.5 Å². The lowest BCUT2D eigenvalue weighted by Crippen LogP contribution is -2.42. The first-order valence-electron chi connectivity index (χ1n) is 8.10. The average molecular weight is 299 g/mol. The molecule has 0 saturated carbocycles. The van der Waals surface area contributed by atoms with Crippen molar-refractivity contribution in [2.75, 3.05) is 19.6 Å². The van der Waals surface area contributed by atoms with Gasteiger partial charge in [-0.1, -0.05) is 0 Å². The van der Waals surface area contributed by atoms with E-state index < -0.39 is 0 Å². The fraction of sp³-hybridized carbons (Fsp3) is 0.529. The smallest absolute Gasteiger partial charge is 0.226 e. The second kappa shape index (κ2) is 5.72. The van der Waals surface area contributed by atoms with E-state index in [1.807, 2.05) is 12.1 Å². The van der Waals surface area contributed by atoms with E-state index in [-0.39, 0.29) is 11.9 Å². The summed E-state index contributed by atoms with van der Waals surface area (Å²) in [6, 6.07) is 4.02. The second-order valence-electron chi connectivity index (χ2n) is 6.55. The molecule has 2 aromatic heterocycles. The number of rotatable bonds is 3. The molecule has 1 amide bonds. The molecular weight excluding hydrogens is 278 g/mol. The molecule has 0 aliphatic carbocycles. The van der Waals surface area contributed by atoms with Gasteiger partial charge in [-0.2, -0.15) is 0 Å². The van der Waals surface area contributed by atoms with Crippen molar-refractivity contribution in [2.24, 2.45) is 5.92 Å². The monoisotopic (exact) mass is 299 g/mol. The normalized spacial score (nSPS) is 27.7. The van der Waals surface area contributed by atoms with Gasteiger partial charge in [-0.3, -0.25) is 9.78 Å². The van der Waals surface area contributed by atoms with Crippen molar-refractivity contribution in [3.8, 4) is 0 Å². The van der Waals surface area contributed by atoms with Crippen molar-refractivity contribution in [3.05, 3.63) is 30.3 Å². The summed E-state index contributed by atoms with van der Waals surface area (Å²) < 4.78 is 5.36. The zero-order chi connectivity index (χ0) is 14.9. The number of fused-ring (bicyclic) bond motifs is 5. The lowest BCUT2D eigenvalue weighted by atomic mass is 9.94. The van der Waals surface area contributed by atoms with Crippen molar-refractivity contribution in [2.45, 2.75) is 31.7 Å². The van der Waals surface area contributed by atoms with E-state index in [1.165, 1.54) is 25.9 Å². The lowest BCUT2D eigenvalue weighted by Gasteiger charge is -2.26. The van der Waals surface area contributed by atoms with Crippen molar-refractivity contribution in [3.63, 3.8) is 0 Å². The number of aromatic nitrogens is 1. The maximum atomic E-state index is 12.3. The summed E-state index contributed by atoms with van der Waals surface area (Å²) in [4.78, 5) is 19.1. The van der Waals surface area contributed by atoms with Gasteiger partial charge in [0.1, 0.15) is 5.58 Å². The van der Waals surface area contributed by atoms with Crippen LogP contribution in [-0.4, -0.2) is 41.5 Å². The van der Waals surface area contributed by atoms with Crippen LogP contribution in [0.25, 0.3) is 11.0 Å². The minimum atomic E-state index is 0.0610. The predicted molar refractivity (Wildman–Crippen MR) is 83.4 cm³/mol. The van der Waals surface area contributed by atoms with Gasteiger partial charge in [-0.05, 0) is 44.3 Å². The molecule has 5 heterocycles. The topological polar surface area (TPSA) is 58.4 Å². The number of hydrogen-bond donors (Lipinski definition) is 1. The minimum absolute atomic E-state index is 0.0610. The molecule has 3 fully saturated rings. The Hall–Kier alpha value is -1.88. The molecule has 1 atom stereocenters. The van der Waals surface area contributed by atoms with E-state index in [4.69, 9.17) is 4.42 Å². The Morgan fingerprint density at radius 1 is 1.41 bits per heavy atom. The molecular formula is C17H21N3O2. The molecule has 5 nitrogen and oxygen atoms in total. The number of amides is 1. The Bertz CT molecular complexity index is 659. The SMILES string of the molecule is O=C(Cc1cc2occc2cn1)NC1CC2CCN(CC2)C1. The van der Waals surface area contributed by atoms with Gasteiger partial charge in [0.2, 0.25) is 5.91 Å². The number of piperidine rings is 1. The maximum absolute atomic E-state index is 12.3. The fourth-order valence-corrected chi connectivity index (χ4v) is 3.73. The van der Waals surface area contributed by atoms with Crippen LogP contribution >= 0.6 is 0 Å². The molecule has 0 spiro atoms. The van der Waals surface area contributed by atoms with Gasteiger partial charge in [0.15, 0.2) is 0 Å². The first kappa shape index (κ1) is 13.8. The van der Waals surface area contributed by atoms with Crippen LogP contribution in [0.5, 0.6) is 0 Å². The van der Waals surface area contributed by atoms with E-state index >= 15 is 0 Å². The molecule has 1 unspecified atom stereocenters. The Kier molecular flexibility index (Phi) is 3.58. The van der Waals surface area contributed by atoms with Crippen LogP contribution in [0.2, 0.25) is 0 Å². The first-order valence-corrected chi connectivity index (χ1v) is 8.10. The molecule has 5 rings (SSSR count). The van der Waals surface area contributed by atoms with Crippen molar-refractivity contribution in [1.29, 1.82) is 0 Å². The molecule has 0 radical (unpaired) electrons. The van der Waals surface area contributed by atoms with Gasteiger partial charge in [-0.15, -0.1) is 0 Å². The second-order valence-corrected chi connectivity index (χ2v) is 6.55. The van der Waals surface area contributed by atoms with Crippen molar-refractivity contribution in [1.82, 2.24) is 15.2 Å². The van der Waals surface area contributed by atoms with Crippen molar-refractivity contribution < 1.29 is 9.21 Å². The van der Waals surface area contributed by atoms with Gasteiger partial charge in [0.25, 0.3) is 0 Å². The summed E-state index contributed by atoms with van der Waals surface area (Å²) in [6.07, 6.45) is 7.40. The Balaban J connectivity index is 1.39. The molecule has 5 heteroatoms. The molecule has 3 aliphatic heterocycles. The third-order valence-corrected chi connectivity index (χ3v) is 4.90. The third-order valence-electron chi connectivity index (χ3n) is 4.90. The fourth-order valence-electron chi connectivity index (χ4n) is 3.73. The number of furan rings is 1. The summed E-state index contributed by atoms with van der Waals surface area (Å²) in [5.41, 5.74) is 1.55. The largest absolute Gasteiger partial charge is 0.464 e. The number of nitrogens with one attached hydrogen (secondary N) is 1.